The fraction of sp³-hybridized carbons (Fsp3) is 0.200. The number of rotatable bonds is 3. The first kappa shape index (κ1) is 13.4. The lowest BCUT2D eigenvalue weighted by atomic mass is 10.1. The van der Waals surface area contributed by atoms with Crippen molar-refractivity contribution in [2.75, 3.05) is 5.32 Å². The Morgan fingerprint density at radius 2 is 1.89 bits per heavy atom. The molecule has 1 aromatic carbocycles. The number of halogens is 1. The molecule has 0 fully saturated rings. The molecule has 0 bridgehead atoms. The van der Waals surface area contributed by atoms with Crippen molar-refractivity contribution >= 4 is 17.4 Å². The van der Waals surface area contributed by atoms with E-state index in [1.54, 1.807) is 6.07 Å². The highest BCUT2D eigenvalue weighted by atomic mass is 35.5. The van der Waals surface area contributed by atoms with Crippen LogP contribution in [0.2, 0.25) is 5.15 Å². The molecule has 2 aromatic rings. The minimum Gasteiger partial charge on any atom is -0.354 e. The monoisotopic (exact) mass is 271 g/mol. The van der Waals surface area contributed by atoms with Gasteiger partial charge in [-0.3, -0.25) is 0 Å². The van der Waals surface area contributed by atoms with E-state index >= 15 is 0 Å². The molecule has 1 aromatic heterocycles. The molecule has 0 atom stereocenters. The zero-order valence-corrected chi connectivity index (χ0v) is 11.6. The summed E-state index contributed by atoms with van der Waals surface area (Å²) in [6.07, 6.45) is 5.45. The second-order valence-electron chi connectivity index (χ2n) is 4.66. The van der Waals surface area contributed by atoms with Gasteiger partial charge in [0.2, 0.25) is 0 Å². The lowest BCUT2D eigenvalue weighted by Gasteiger charge is -2.20. The first-order valence-electron chi connectivity index (χ1n) is 5.86. The van der Waals surface area contributed by atoms with Gasteiger partial charge in [-0.05, 0) is 13.8 Å². The van der Waals surface area contributed by atoms with Gasteiger partial charge in [0, 0.05) is 11.6 Å². The minimum absolute atomic E-state index is 0.379. The van der Waals surface area contributed by atoms with Gasteiger partial charge in [0.15, 0.2) is 5.82 Å². The molecule has 0 amide bonds. The molecule has 0 unspecified atom stereocenters. The molecule has 1 N–H and O–H groups in total. The van der Waals surface area contributed by atoms with Crippen LogP contribution in [0.4, 0.5) is 5.82 Å². The summed E-state index contributed by atoms with van der Waals surface area (Å²) in [4.78, 5) is 8.66. The molecule has 0 aliphatic carbocycles. The lowest BCUT2D eigenvalue weighted by molar-refractivity contribution is 0.735. The largest absolute Gasteiger partial charge is 0.354 e. The smallest absolute Gasteiger partial charge is 0.163 e. The van der Waals surface area contributed by atoms with Crippen molar-refractivity contribution in [2.24, 2.45) is 0 Å². The molecule has 0 saturated carbocycles. The summed E-state index contributed by atoms with van der Waals surface area (Å²) in [6, 6.07) is 11.3. The van der Waals surface area contributed by atoms with Crippen molar-refractivity contribution in [2.45, 2.75) is 19.4 Å². The molecule has 0 spiro atoms. The Labute approximate surface area is 118 Å². The summed E-state index contributed by atoms with van der Waals surface area (Å²) < 4.78 is 0. The highest BCUT2D eigenvalue weighted by Gasteiger charge is 2.15. The quantitative estimate of drug-likeness (QED) is 0.684. The zero-order valence-electron chi connectivity index (χ0n) is 10.8. The Balaban J connectivity index is 2.39. The van der Waals surface area contributed by atoms with E-state index < -0.39 is 5.54 Å². The van der Waals surface area contributed by atoms with Crippen LogP contribution in [0.25, 0.3) is 11.4 Å². The van der Waals surface area contributed by atoms with E-state index in [9.17, 15) is 0 Å². The van der Waals surface area contributed by atoms with Gasteiger partial charge >= 0.3 is 0 Å². The van der Waals surface area contributed by atoms with Crippen molar-refractivity contribution in [3.63, 3.8) is 0 Å². The zero-order chi connectivity index (χ0) is 13.9. The van der Waals surface area contributed by atoms with Crippen LogP contribution in [0, 0.1) is 12.3 Å². The third kappa shape index (κ3) is 3.46. The average molecular weight is 272 g/mol. The Hall–Kier alpha value is -2.05. The third-order valence-corrected chi connectivity index (χ3v) is 2.72. The van der Waals surface area contributed by atoms with Crippen LogP contribution in [0.5, 0.6) is 0 Å². The summed E-state index contributed by atoms with van der Waals surface area (Å²) in [7, 11) is 0. The van der Waals surface area contributed by atoms with Gasteiger partial charge < -0.3 is 5.32 Å². The average Bonchev–Trinajstić information content (AvgIpc) is 2.38. The maximum Gasteiger partial charge on any atom is 0.163 e. The molecule has 1 heterocycles. The van der Waals surface area contributed by atoms with Crippen LogP contribution in [-0.4, -0.2) is 15.5 Å². The van der Waals surface area contributed by atoms with Gasteiger partial charge in [-0.15, -0.1) is 6.42 Å². The van der Waals surface area contributed by atoms with E-state index in [4.69, 9.17) is 18.0 Å². The summed E-state index contributed by atoms with van der Waals surface area (Å²) >= 11 is 6.03. The summed E-state index contributed by atoms with van der Waals surface area (Å²) in [5.41, 5.74) is 0.414. The second-order valence-corrected chi connectivity index (χ2v) is 5.05. The molecule has 0 aliphatic rings. The maximum atomic E-state index is 6.03. The van der Waals surface area contributed by atoms with Crippen LogP contribution in [-0.2, 0) is 0 Å². The normalized spacial score (nSPS) is 10.8. The molecule has 3 nitrogen and oxygen atoms in total. The second kappa shape index (κ2) is 5.29. The fourth-order valence-electron chi connectivity index (χ4n) is 1.55. The number of aromatic nitrogens is 2. The number of nitrogens with zero attached hydrogens (tertiary/aromatic N) is 2. The van der Waals surface area contributed by atoms with Crippen LogP contribution in [0.3, 0.4) is 0 Å². The topological polar surface area (TPSA) is 37.8 Å². The highest BCUT2D eigenvalue weighted by Crippen LogP contribution is 2.21. The van der Waals surface area contributed by atoms with Gasteiger partial charge in [0.05, 0.1) is 5.54 Å². The van der Waals surface area contributed by atoms with Crippen molar-refractivity contribution in [1.29, 1.82) is 0 Å². The molecule has 0 aliphatic heterocycles. The van der Waals surface area contributed by atoms with Gasteiger partial charge in [0.25, 0.3) is 0 Å². The van der Waals surface area contributed by atoms with Crippen LogP contribution in [0.1, 0.15) is 13.8 Å². The predicted octanol–water partition coefficient (Wildman–Crippen LogP) is 3.62. The standard InChI is InChI=1S/C15H14ClN3/c1-4-15(2,3)19-13-10-12(16)17-14(18-13)11-8-6-5-7-9-11/h1,5-10H,2-3H3,(H,17,18,19). The highest BCUT2D eigenvalue weighted by molar-refractivity contribution is 6.29. The summed E-state index contributed by atoms with van der Waals surface area (Å²) in [5.74, 6) is 3.84. The first-order chi connectivity index (χ1) is 9.00. The Morgan fingerprint density at radius 1 is 1.21 bits per heavy atom. The summed E-state index contributed by atoms with van der Waals surface area (Å²) in [6.45, 7) is 3.79. The van der Waals surface area contributed by atoms with E-state index in [-0.39, 0.29) is 0 Å². The van der Waals surface area contributed by atoms with Crippen molar-refractivity contribution in [3.8, 4) is 23.7 Å². The molecule has 4 heteroatoms. The number of benzene rings is 1. The Kier molecular flexibility index (Phi) is 3.73. The van der Waals surface area contributed by atoms with E-state index in [1.807, 2.05) is 44.2 Å². The van der Waals surface area contributed by atoms with E-state index in [0.717, 1.165) is 5.56 Å². The first-order valence-corrected chi connectivity index (χ1v) is 6.24. The van der Waals surface area contributed by atoms with Crippen molar-refractivity contribution < 1.29 is 0 Å². The minimum atomic E-state index is -0.494. The fourth-order valence-corrected chi connectivity index (χ4v) is 1.74. The van der Waals surface area contributed by atoms with E-state index in [0.29, 0.717) is 16.8 Å². The van der Waals surface area contributed by atoms with Gasteiger partial charge in [-0.2, -0.15) is 0 Å². The number of anilines is 1. The number of hydrogen-bond acceptors (Lipinski definition) is 3. The van der Waals surface area contributed by atoms with Crippen LogP contribution < -0.4 is 5.32 Å². The SMILES string of the molecule is C#CC(C)(C)Nc1cc(Cl)nc(-c2ccccc2)n1. The number of nitrogens with one attached hydrogen (secondary N) is 1. The van der Waals surface area contributed by atoms with E-state index in [2.05, 4.69) is 21.2 Å². The molecular formula is C15H14ClN3. The van der Waals surface area contributed by atoms with Crippen molar-refractivity contribution in [3.05, 3.63) is 41.6 Å². The molecular weight excluding hydrogens is 258 g/mol. The van der Waals surface area contributed by atoms with Crippen molar-refractivity contribution in [1.82, 2.24) is 9.97 Å². The third-order valence-electron chi connectivity index (χ3n) is 2.53. The molecule has 0 radical (unpaired) electrons. The van der Waals surface area contributed by atoms with Gasteiger partial charge in [0.1, 0.15) is 11.0 Å². The Morgan fingerprint density at radius 3 is 2.53 bits per heavy atom. The maximum absolute atomic E-state index is 6.03. The van der Waals surface area contributed by atoms with Crippen LogP contribution in [0.15, 0.2) is 36.4 Å². The van der Waals surface area contributed by atoms with Crippen LogP contribution >= 0.6 is 11.6 Å². The predicted molar refractivity (Wildman–Crippen MR) is 79.0 cm³/mol. The van der Waals surface area contributed by atoms with Gasteiger partial charge in [-0.1, -0.05) is 47.9 Å². The summed E-state index contributed by atoms with van der Waals surface area (Å²) in [5, 5.41) is 3.53. The molecule has 0 saturated heterocycles. The van der Waals surface area contributed by atoms with Gasteiger partial charge in [-0.25, -0.2) is 9.97 Å². The van der Waals surface area contributed by atoms with E-state index in [1.165, 1.54) is 0 Å². The number of terminal acetylenes is 1. The lowest BCUT2D eigenvalue weighted by Crippen LogP contribution is -2.29. The molecule has 2 rings (SSSR count). The number of hydrogen-bond donors (Lipinski definition) is 1. The molecule has 19 heavy (non-hydrogen) atoms. The molecule has 96 valence electrons. The Bertz CT molecular complexity index is 615.